The Balaban J connectivity index is 2.21. The fourth-order valence-electron chi connectivity index (χ4n) is 2.23. The van der Waals surface area contributed by atoms with E-state index in [1.165, 1.54) is 0 Å². The van der Waals surface area contributed by atoms with Crippen LogP contribution in [0.2, 0.25) is 0 Å². The maximum atomic E-state index is 13.2. The summed E-state index contributed by atoms with van der Waals surface area (Å²) in [5.41, 5.74) is 0.641. The first kappa shape index (κ1) is 17.0. The Morgan fingerprint density at radius 1 is 1.43 bits per heavy atom. The second kappa shape index (κ2) is 6.01. The monoisotopic (exact) mass is 380 g/mol. The molecule has 1 aliphatic carbocycles. The van der Waals surface area contributed by atoms with Crippen molar-refractivity contribution in [3.8, 4) is 0 Å². The standard InChI is InChI=1S/C14H19BrF2N2OS/c1-13(2,3)21(20)19-12(9-7-14(16,17)8-9)10-5-4-6-11(15)18-10/h4-6,9,12,19H,7-8H2,1-3H3/t12-,21?/m0/s1. The SMILES string of the molecule is CC(C)(C)S(=O)N[C@H](c1cccc(Br)n1)C1CC(F)(F)C1. The van der Waals surface area contributed by atoms with Crippen LogP contribution in [0, 0.1) is 5.92 Å². The van der Waals surface area contributed by atoms with Crippen molar-refractivity contribution in [2.24, 2.45) is 5.92 Å². The Morgan fingerprint density at radius 3 is 2.52 bits per heavy atom. The second-order valence-electron chi connectivity index (χ2n) is 6.39. The molecule has 0 aliphatic heterocycles. The summed E-state index contributed by atoms with van der Waals surface area (Å²) >= 11 is 3.28. The average Bonchev–Trinajstić information content (AvgIpc) is 2.31. The van der Waals surface area contributed by atoms with Crippen LogP contribution in [0.5, 0.6) is 0 Å². The van der Waals surface area contributed by atoms with E-state index in [9.17, 15) is 13.0 Å². The molecule has 118 valence electrons. The maximum Gasteiger partial charge on any atom is 0.248 e. The van der Waals surface area contributed by atoms with E-state index < -0.39 is 27.7 Å². The first-order chi connectivity index (χ1) is 9.58. The molecule has 3 nitrogen and oxygen atoms in total. The molecule has 1 heterocycles. The average molecular weight is 381 g/mol. The summed E-state index contributed by atoms with van der Waals surface area (Å²) in [5, 5.41) is 0. The van der Waals surface area contributed by atoms with E-state index >= 15 is 0 Å². The zero-order chi connectivity index (χ0) is 15.8. The van der Waals surface area contributed by atoms with E-state index in [2.05, 4.69) is 25.6 Å². The zero-order valence-electron chi connectivity index (χ0n) is 12.2. The van der Waals surface area contributed by atoms with Crippen LogP contribution in [0.3, 0.4) is 0 Å². The van der Waals surface area contributed by atoms with Crippen LogP contribution in [-0.2, 0) is 11.0 Å². The number of hydrogen-bond acceptors (Lipinski definition) is 2. The van der Waals surface area contributed by atoms with Gasteiger partial charge in [0.25, 0.3) is 0 Å². The van der Waals surface area contributed by atoms with Gasteiger partial charge in [-0.2, -0.15) is 0 Å². The van der Waals surface area contributed by atoms with E-state index in [0.29, 0.717) is 10.3 Å². The van der Waals surface area contributed by atoms with Crippen molar-refractivity contribution in [2.45, 2.75) is 50.3 Å². The number of alkyl halides is 2. The van der Waals surface area contributed by atoms with Gasteiger partial charge in [-0.3, -0.25) is 0 Å². The summed E-state index contributed by atoms with van der Waals surface area (Å²) in [6.07, 6.45) is -0.388. The van der Waals surface area contributed by atoms with Gasteiger partial charge in [0.2, 0.25) is 5.92 Å². The van der Waals surface area contributed by atoms with Gasteiger partial charge in [-0.1, -0.05) is 6.07 Å². The van der Waals surface area contributed by atoms with Crippen LogP contribution in [0.15, 0.2) is 22.8 Å². The first-order valence-electron chi connectivity index (χ1n) is 6.77. The highest BCUT2D eigenvalue weighted by atomic mass is 79.9. The molecule has 0 amide bonds. The van der Waals surface area contributed by atoms with E-state index in [1.807, 2.05) is 20.8 Å². The molecule has 0 saturated heterocycles. The molecule has 1 N–H and O–H groups in total. The Labute approximate surface area is 134 Å². The lowest BCUT2D eigenvalue weighted by Gasteiger charge is -2.40. The molecular formula is C14H19BrF2N2OS. The van der Waals surface area contributed by atoms with Crippen molar-refractivity contribution < 1.29 is 13.0 Å². The summed E-state index contributed by atoms with van der Waals surface area (Å²) in [4.78, 5) is 4.33. The van der Waals surface area contributed by atoms with Crippen molar-refractivity contribution in [3.63, 3.8) is 0 Å². The predicted octanol–water partition coefficient (Wildman–Crippen LogP) is 3.98. The molecule has 1 aromatic rings. The van der Waals surface area contributed by atoms with Crippen molar-refractivity contribution in [1.82, 2.24) is 9.71 Å². The number of halogens is 3. The van der Waals surface area contributed by atoms with Crippen molar-refractivity contribution in [1.29, 1.82) is 0 Å². The lowest BCUT2D eigenvalue weighted by atomic mass is 9.75. The minimum atomic E-state index is -2.61. The van der Waals surface area contributed by atoms with Crippen LogP contribution in [0.1, 0.15) is 45.3 Å². The summed E-state index contributed by atoms with van der Waals surface area (Å²) in [5.74, 6) is -2.87. The van der Waals surface area contributed by atoms with Crippen LogP contribution < -0.4 is 4.72 Å². The zero-order valence-corrected chi connectivity index (χ0v) is 14.6. The summed E-state index contributed by atoms with van der Waals surface area (Å²) in [6, 6.07) is 4.93. The number of nitrogens with zero attached hydrogens (tertiary/aromatic N) is 1. The molecule has 2 atom stereocenters. The third-order valence-electron chi connectivity index (χ3n) is 3.44. The molecule has 1 aliphatic rings. The Morgan fingerprint density at radius 2 is 2.05 bits per heavy atom. The molecule has 1 unspecified atom stereocenters. The van der Waals surface area contributed by atoms with Gasteiger partial charge >= 0.3 is 0 Å². The fourth-order valence-corrected chi connectivity index (χ4v) is 3.49. The van der Waals surface area contributed by atoms with E-state index in [-0.39, 0.29) is 18.8 Å². The van der Waals surface area contributed by atoms with Crippen molar-refractivity contribution in [3.05, 3.63) is 28.5 Å². The highest BCUT2D eigenvalue weighted by Crippen LogP contribution is 2.48. The number of hydrogen-bond donors (Lipinski definition) is 1. The molecule has 21 heavy (non-hydrogen) atoms. The Bertz CT molecular complexity index is 540. The number of aromatic nitrogens is 1. The van der Waals surface area contributed by atoms with Gasteiger partial charge in [0, 0.05) is 12.8 Å². The molecule has 0 aromatic carbocycles. The predicted molar refractivity (Wildman–Crippen MR) is 83.4 cm³/mol. The lowest BCUT2D eigenvalue weighted by Crippen LogP contribution is -2.46. The van der Waals surface area contributed by atoms with Crippen LogP contribution in [0.25, 0.3) is 0 Å². The van der Waals surface area contributed by atoms with E-state index in [1.54, 1.807) is 18.2 Å². The largest absolute Gasteiger partial charge is 0.248 e. The summed E-state index contributed by atoms with van der Waals surface area (Å²) < 4.78 is 41.8. The molecule has 0 bridgehead atoms. The fraction of sp³-hybridized carbons (Fsp3) is 0.643. The summed E-state index contributed by atoms with van der Waals surface area (Å²) in [7, 11) is -1.34. The van der Waals surface area contributed by atoms with E-state index in [0.717, 1.165) is 0 Å². The van der Waals surface area contributed by atoms with Crippen LogP contribution >= 0.6 is 15.9 Å². The van der Waals surface area contributed by atoms with Crippen molar-refractivity contribution >= 4 is 26.9 Å². The smallest absolute Gasteiger partial charge is 0.244 e. The molecule has 0 spiro atoms. The molecule has 2 rings (SSSR count). The third-order valence-corrected chi connectivity index (χ3v) is 5.46. The molecule has 7 heteroatoms. The third kappa shape index (κ3) is 4.29. The highest BCUT2D eigenvalue weighted by molar-refractivity contribution is 9.10. The summed E-state index contributed by atoms with van der Waals surface area (Å²) in [6.45, 7) is 5.53. The van der Waals surface area contributed by atoms with Gasteiger partial charge in [0.15, 0.2) is 0 Å². The molecule has 0 radical (unpaired) electrons. The molecule has 1 saturated carbocycles. The van der Waals surface area contributed by atoms with Gasteiger partial charge in [-0.05, 0) is 54.8 Å². The quantitative estimate of drug-likeness (QED) is 0.802. The second-order valence-corrected chi connectivity index (χ2v) is 9.20. The minimum Gasteiger partial charge on any atom is -0.244 e. The van der Waals surface area contributed by atoms with Crippen LogP contribution in [-0.4, -0.2) is 19.9 Å². The highest BCUT2D eigenvalue weighted by Gasteiger charge is 2.49. The van der Waals surface area contributed by atoms with Crippen molar-refractivity contribution in [2.75, 3.05) is 0 Å². The molecule has 1 fully saturated rings. The topological polar surface area (TPSA) is 42.0 Å². The number of pyridine rings is 1. The number of nitrogens with one attached hydrogen (secondary N) is 1. The Hall–Kier alpha value is -0.400. The normalized spacial score (nSPS) is 21.6. The van der Waals surface area contributed by atoms with Gasteiger partial charge in [0.1, 0.15) is 4.60 Å². The first-order valence-corrected chi connectivity index (χ1v) is 8.71. The van der Waals surface area contributed by atoms with Crippen LogP contribution in [0.4, 0.5) is 8.78 Å². The van der Waals surface area contributed by atoms with Gasteiger partial charge < -0.3 is 0 Å². The van der Waals surface area contributed by atoms with Gasteiger partial charge in [-0.25, -0.2) is 22.7 Å². The lowest BCUT2D eigenvalue weighted by molar-refractivity contribution is -0.118. The van der Waals surface area contributed by atoms with E-state index in [4.69, 9.17) is 0 Å². The van der Waals surface area contributed by atoms with Gasteiger partial charge in [-0.15, -0.1) is 0 Å². The Kier molecular flexibility index (Phi) is 4.85. The maximum absolute atomic E-state index is 13.2. The van der Waals surface area contributed by atoms with Gasteiger partial charge in [0.05, 0.1) is 27.5 Å². The minimum absolute atomic E-state index is 0.194. The molecular weight excluding hydrogens is 362 g/mol. The number of rotatable bonds is 4. The molecule has 1 aromatic heterocycles.